The predicted octanol–water partition coefficient (Wildman–Crippen LogP) is 2.76. The van der Waals surface area contributed by atoms with Gasteiger partial charge in [-0.15, -0.1) is 0 Å². The van der Waals surface area contributed by atoms with Gasteiger partial charge < -0.3 is 9.47 Å². The molecule has 0 bridgehead atoms. The molecule has 1 aliphatic heterocycles. The van der Waals surface area contributed by atoms with Crippen LogP contribution in [0.3, 0.4) is 0 Å². The van der Waals surface area contributed by atoms with Crippen molar-refractivity contribution in [2.45, 2.75) is 19.6 Å². The summed E-state index contributed by atoms with van der Waals surface area (Å²) < 4.78 is 11.0. The molecule has 0 aliphatic carbocycles. The highest BCUT2D eigenvalue weighted by atomic mass is 16.7. The van der Waals surface area contributed by atoms with E-state index in [1.165, 1.54) is 12.1 Å². The Morgan fingerprint density at radius 3 is 2.28 bits per heavy atom. The van der Waals surface area contributed by atoms with Crippen LogP contribution in [0.1, 0.15) is 19.4 Å². The zero-order chi connectivity index (χ0) is 13.2. The summed E-state index contributed by atoms with van der Waals surface area (Å²) >= 11 is 0. The van der Waals surface area contributed by atoms with Crippen molar-refractivity contribution < 1.29 is 14.4 Å². The summed E-state index contributed by atoms with van der Waals surface area (Å²) in [4.78, 5) is 10.1. The van der Waals surface area contributed by atoms with Gasteiger partial charge in [-0.2, -0.15) is 0 Å². The summed E-state index contributed by atoms with van der Waals surface area (Å²) in [5.74, 6) is -0.535. The van der Waals surface area contributed by atoms with E-state index in [4.69, 9.17) is 9.47 Å². The lowest BCUT2D eigenvalue weighted by Crippen LogP contribution is -2.35. The number of hydrogen-bond acceptors (Lipinski definition) is 4. The van der Waals surface area contributed by atoms with E-state index in [1.54, 1.807) is 12.1 Å². The van der Waals surface area contributed by atoms with Crippen molar-refractivity contribution in [3.63, 3.8) is 0 Å². The maximum Gasteiger partial charge on any atom is 0.269 e. The van der Waals surface area contributed by atoms with Crippen LogP contribution >= 0.6 is 0 Å². The maximum atomic E-state index is 10.5. The Morgan fingerprint density at radius 2 is 1.78 bits per heavy atom. The molecule has 5 heteroatoms. The van der Waals surface area contributed by atoms with Crippen molar-refractivity contribution in [1.82, 2.24) is 0 Å². The highest BCUT2D eigenvalue weighted by molar-refractivity contribution is 5.55. The molecule has 0 radical (unpaired) electrons. The maximum absolute atomic E-state index is 10.5. The number of benzene rings is 1. The van der Waals surface area contributed by atoms with E-state index < -0.39 is 10.7 Å². The smallest absolute Gasteiger partial charge is 0.269 e. The van der Waals surface area contributed by atoms with Crippen molar-refractivity contribution in [1.29, 1.82) is 0 Å². The van der Waals surface area contributed by atoms with Crippen LogP contribution in [0.4, 0.5) is 5.69 Å². The van der Waals surface area contributed by atoms with E-state index in [9.17, 15) is 10.1 Å². The highest BCUT2D eigenvalue weighted by Crippen LogP contribution is 2.22. The topological polar surface area (TPSA) is 61.6 Å². The number of nitro benzene ring substituents is 1. The molecule has 1 saturated heterocycles. The molecule has 18 heavy (non-hydrogen) atoms. The van der Waals surface area contributed by atoms with E-state index in [0.717, 1.165) is 11.1 Å². The van der Waals surface area contributed by atoms with E-state index in [2.05, 4.69) is 0 Å². The molecular weight excluding hydrogens is 234 g/mol. The van der Waals surface area contributed by atoms with Crippen molar-refractivity contribution in [3.05, 3.63) is 45.5 Å². The lowest BCUT2D eigenvalue weighted by Gasteiger charge is -2.31. The van der Waals surface area contributed by atoms with Gasteiger partial charge in [0.1, 0.15) is 0 Å². The second kappa shape index (κ2) is 4.88. The molecule has 1 fully saturated rings. The summed E-state index contributed by atoms with van der Waals surface area (Å²) in [6.07, 6.45) is 1.93. The van der Waals surface area contributed by atoms with Crippen molar-refractivity contribution in [2.75, 3.05) is 13.2 Å². The first kappa shape index (κ1) is 12.7. The number of non-ortho nitro benzene ring substituents is 1. The second-order valence-corrected chi connectivity index (χ2v) is 4.63. The largest absolute Gasteiger partial charge is 0.346 e. The number of nitrogens with zero attached hydrogens (tertiary/aromatic N) is 1. The van der Waals surface area contributed by atoms with Gasteiger partial charge in [-0.3, -0.25) is 10.1 Å². The lowest BCUT2D eigenvalue weighted by molar-refractivity contribution is -0.384. The Bertz CT molecular complexity index is 464. The first-order valence-corrected chi connectivity index (χ1v) is 5.68. The monoisotopic (exact) mass is 249 g/mol. The van der Waals surface area contributed by atoms with Gasteiger partial charge in [0.2, 0.25) is 0 Å². The van der Waals surface area contributed by atoms with E-state index in [0.29, 0.717) is 13.2 Å². The van der Waals surface area contributed by atoms with E-state index in [-0.39, 0.29) is 5.69 Å². The first-order valence-electron chi connectivity index (χ1n) is 5.68. The molecule has 0 aromatic heterocycles. The summed E-state index contributed by atoms with van der Waals surface area (Å²) in [6.45, 7) is 4.78. The van der Waals surface area contributed by atoms with Gasteiger partial charge in [0.05, 0.1) is 18.1 Å². The number of nitro groups is 1. The predicted molar refractivity (Wildman–Crippen MR) is 67.1 cm³/mol. The van der Waals surface area contributed by atoms with Gasteiger partial charge in [-0.1, -0.05) is 6.08 Å². The van der Waals surface area contributed by atoms with Gasteiger partial charge in [0, 0.05) is 12.1 Å². The third kappa shape index (κ3) is 3.15. The molecule has 0 unspecified atom stereocenters. The highest BCUT2D eigenvalue weighted by Gasteiger charge is 2.24. The minimum atomic E-state index is -0.535. The summed E-state index contributed by atoms with van der Waals surface area (Å²) in [5, 5.41) is 10.5. The van der Waals surface area contributed by atoms with Gasteiger partial charge in [-0.25, -0.2) is 0 Å². The van der Waals surface area contributed by atoms with Crippen LogP contribution in [-0.4, -0.2) is 23.9 Å². The van der Waals surface area contributed by atoms with Crippen LogP contribution in [0.2, 0.25) is 0 Å². The molecule has 0 saturated carbocycles. The third-order valence-electron chi connectivity index (χ3n) is 2.69. The van der Waals surface area contributed by atoms with Crippen LogP contribution in [0.5, 0.6) is 0 Å². The van der Waals surface area contributed by atoms with Crippen molar-refractivity contribution >= 4 is 11.8 Å². The third-order valence-corrected chi connectivity index (χ3v) is 2.69. The quantitative estimate of drug-likeness (QED) is 0.597. The minimum Gasteiger partial charge on any atom is -0.346 e. The number of ether oxygens (including phenoxy) is 2. The molecule has 0 spiro atoms. The van der Waals surface area contributed by atoms with Crippen molar-refractivity contribution in [2.24, 2.45) is 0 Å². The van der Waals surface area contributed by atoms with Crippen LogP contribution < -0.4 is 0 Å². The molecule has 0 amide bonds. The van der Waals surface area contributed by atoms with Gasteiger partial charge in [0.15, 0.2) is 5.79 Å². The van der Waals surface area contributed by atoms with Gasteiger partial charge >= 0.3 is 0 Å². The average molecular weight is 249 g/mol. The fourth-order valence-electron chi connectivity index (χ4n) is 1.63. The Hall–Kier alpha value is -1.72. The van der Waals surface area contributed by atoms with Crippen LogP contribution in [0.15, 0.2) is 29.8 Å². The molecule has 1 aromatic carbocycles. The molecule has 96 valence electrons. The zero-order valence-corrected chi connectivity index (χ0v) is 10.4. The molecule has 1 aliphatic rings. The lowest BCUT2D eigenvalue weighted by atomic mass is 10.1. The fraction of sp³-hybridized carbons (Fsp3) is 0.385. The Balaban J connectivity index is 2.07. The average Bonchev–Trinajstić information content (AvgIpc) is 2.33. The molecular formula is C13H15NO4. The normalized spacial score (nSPS) is 18.4. The standard InChI is InChI=1S/C13H15NO4/c1-13(2)17-8-11(9-18-13)7-10-3-5-12(6-4-10)14(15)16/h3-7H,8-9H2,1-2H3. The van der Waals surface area contributed by atoms with E-state index in [1.807, 2.05) is 19.9 Å². The zero-order valence-electron chi connectivity index (χ0n) is 10.4. The second-order valence-electron chi connectivity index (χ2n) is 4.63. The van der Waals surface area contributed by atoms with Crippen LogP contribution in [0.25, 0.3) is 6.08 Å². The number of rotatable bonds is 2. The van der Waals surface area contributed by atoms with Crippen LogP contribution in [0, 0.1) is 10.1 Å². The van der Waals surface area contributed by atoms with E-state index >= 15 is 0 Å². The minimum absolute atomic E-state index is 0.0921. The number of hydrogen-bond donors (Lipinski definition) is 0. The summed E-state index contributed by atoms with van der Waals surface area (Å²) in [7, 11) is 0. The Morgan fingerprint density at radius 1 is 1.22 bits per heavy atom. The Labute approximate surface area is 105 Å². The molecule has 1 aromatic rings. The molecule has 5 nitrogen and oxygen atoms in total. The van der Waals surface area contributed by atoms with Gasteiger partial charge in [0.25, 0.3) is 5.69 Å². The Kier molecular flexibility index (Phi) is 3.45. The first-order chi connectivity index (χ1) is 8.46. The molecule has 2 rings (SSSR count). The van der Waals surface area contributed by atoms with Crippen LogP contribution in [-0.2, 0) is 9.47 Å². The summed E-state index contributed by atoms with van der Waals surface area (Å²) in [6, 6.07) is 6.40. The summed E-state index contributed by atoms with van der Waals surface area (Å²) in [5.41, 5.74) is 2.01. The fourth-order valence-corrected chi connectivity index (χ4v) is 1.63. The molecule has 0 atom stereocenters. The molecule has 0 N–H and O–H groups in total. The SMILES string of the molecule is CC1(C)OCC(=Cc2ccc([N+](=O)[O-])cc2)CO1. The van der Waals surface area contributed by atoms with Crippen molar-refractivity contribution in [3.8, 4) is 0 Å². The van der Waals surface area contributed by atoms with Gasteiger partial charge in [-0.05, 0) is 37.1 Å². The molecule has 1 heterocycles.